The molecule has 0 spiro atoms. The topological polar surface area (TPSA) is 55.4 Å². The standard InChI is InChI=1S/C14H26BrNO3/c1-19-14(18)10-8-6-4-2-3-5-7-9-11-16-13(17)12-15/h2-12H2,1H3,(H,16,17). The van der Waals surface area contributed by atoms with Crippen molar-refractivity contribution < 1.29 is 14.3 Å². The van der Waals surface area contributed by atoms with Gasteiger partial charge in [-0.2, -0.15) is 0 Å². The molecule has 5 heteroatoms. The summed E-state index contributed by atoms with van der Waals surface area (Å²) in [6.45, 7) is 0.781. The zero-order valence-corrected chi connectivity index (χ0v) is 13.5. The largest absolute Gasteiger partial charge is 0.469 e. The molecule has 0 radical (unpaired) electrons. The average molecular weight is 336 g/mol. The normalized spacial score (nSPS) is 10.2. The van der Waals surface area contributed by atoms with Gasteiger partial charge in [-0.3, -0.25) is 9.59 Å². The maximum atomic E-state index is 10.9. The van der Waals surface area contributed by atoms with Crippen LogP contribution in [0.15, 0.2) is 0 Å². The Morgan fingerprint density at radius 1 is 0.947 bits per heavy atom. The summed E-state index contributed by atoms with van der Waals surface area (Å²) in [6.07, 6.45) is 9.70. The number of unbranched alkanes of at least 4 members (excludes halogenated alkanes) is 7. The fourth-order valence-electron chi connectivity index (χ4n) is 1.83. The van der Waals surface area contributed by atoms with Crippen LogP contribution in [0.5, 0.6) is 0 Å². The molecule has 1 amide bonds. The number of carbonyl (C=O) groups is 2. The first-order chi connectivity index (χ1) is 9.20. The molecule has 0 saturated heterocycles. The number of halogens is 1. The van der Waals surface area contributed by atoms with Gasteiger partial charge in [0.25, 0.3) is 0 Å². The number of ether oxygens (including phenoxy) is 1. The van der Waals surface area contributed by atoms with E-state index in [9.17, 15) is 9.59 Å². The van der Waals surface area contributed by atoms with E-state index in [1.54, 1.807) is 0 Å². The SMILES string of the molecule is COC(=O)CCCCCCCCCCNC(=O)CBr. The number of amides is 1. The van der Waals surface area contributed by atoms with E-state index in [4.69, 9.17) is 0 Å². The van der Waals surface area contributed by atoms with Gasteiger partial charge in [-0.25, -0.2) is 0 Å². The van der Waals surface area contributed by atoms with Crippen LogP contribution in [0.25, 0.3) is 0 Å². The minimum Gasteiger partial charge on any atom is -0.469 e. The monoisotopic (exact) mass is 335 g/mol. The molecule has 0 heterocycles. The predicted molar refractivity (Wildman–Crippen MR) is 80.4 cm³/mol. The van der Waals surface area contributed by atoms with Crippen molar-refractivity contribution in [1.82, 2.24) is 5.32 Å². The van der Waals surface area contributed by atoms with E-state index in [1.807, 2.05) is 0 Å². The smallest absolute Gasteiger partial charge is 0.305 e. The second-order valence-electron chi connectivity index (χ2n) is 4.64. The van der Waals surface area contributed by atoms with Crippen molar-refractivity contribution in [2.45, 2.75) is 57.8 Å². The summed E-state index contributed by atoms with van der Waals surface area (Å²) in [5.41, 5.74) is 0. The van der Waals surface area contributed by atoms with E-state index < -0.39 is 0 Å². The van der Waals surface area contributed by atoms with E-state index in [0.717, 1.165) is 25.8 Å². The van der Waals surface area contributed by atoms with Gasteiger partial charge in [-0.05, 0) is 12.8 Å². The summed E-state index contributed by atoms with van der Waals surface area (Å²) < 4.78 is 4.59. The first kappa shape index (κ1) is 18.4. The number of methoxy groups -OCH3 is 1. The third-order valence-corrected chi connectivity index (χ3v) is 3.49. The van der Waals surface area contributed by atoms with Gasteiger partial charge in [0.15, 0.2) is 0 Å². The molecule has 0 aliphatic carbocycles. The zero-order valence-electron chi connectivity index (χ0n) is 11.9. The second-order valence-corrected chi connectivity index (χ2v) is 5.20. The number of nitrogens with one attached hydrogen (secondary N) is 1. The highest BCUT2D eigenvalue weighted by atomic mass is 79.9. The van der Waals surface area contributed by atoms with Gasteiger partial charge in [0, 0.05) is 13.0 Å². The summed E-state index contributed by atoms with van der Waals surface area (Å²) in [7, 11) is 1.43. The lowest BCUT2D eigenvalue weighted by Gasteiger charge is -2.03. The number of hydrogen-bond donors (Lipinski definition) is 1. The Morgan fingerprint density at radius 2 is 1.47 bits per heavy atom. The molecular weight excluding hydrogens is 310 g/mol. The zero-order chi connectivity index (χ0) is 14.3. The van der Waals surface area contributed by atoms with Crippen molar-refractivity contribution in [2.75, 3.05) is 19.0 Å². The van der Waals surface area contributed by atoms with Crippen molar-refractivity contribution in [1.29, 1.82) is 0 Å². The lowest BCUT2D eigenvalue weighted by molar-refractivity contribution is -0.140. The van der Waals surface area contributed by atoms with Crippen molar-refractivity contribution in [2.24, 2.45) is 0 Å². The van der Waals surface area contributed by atoms with Crippen molar-refractivity contribution in [3.8, 4) is 0 Å². The fourth-order valence-corrected chi connectivity index (χ4v) is 2.03. The van der Waals surface area contributed by atoms with Crippen LogP contribution in [0.4, 0.5) is 0 Å². The quantitative estimate of drug-likeness (QED) is 0.338. The molecule has 19 heavy (non-hydrogen) atoms. The molecule has 0 saturated carbocycles. The summed E-state index contributed by atoms with van der Waals surface area (Å²) in [6, 6.07) is 0. The molecule has 0 aromatic carbocycles. The molecule has 112 valence electrons. The van der Waals surface area contributed by atoms with Crippen molar-refractivity contribution >= 4 is 27.8 Å². The van der Waals surface area contributed by atoms with Gasteiger partial charge in [0.2, 0.25) is 5.91 Å². The summed E-state index contributed by atoms with van der Waals surface area (Å²) in [5, 5.41) is 3.23. The fraction of sp³-hybridized carbons (Fsp3) is 0.857. The lowest BCUT2D eigenvalue weighted by atomic mass is 10.1. The van der Waals surface area contributed by atoms with Crippen LogP contribution in [0.1, 0.15) is 57.8 Å². The molecule has 1 N–H and O–H groups in total. The van der Waals surface area contributed by atoms with E-state index in [1.165, 1.54) is 39.2 Å². The van der Waals surface area contributed by atoms with Crippen LogP contribution in [0, 0.1) is 0 Å². The molecular formula is C14H26BrNO3. The molecule has 0 bridgehead atoms. The molecule has 0 rings (SSSR count). The Morgan fingerprint density at radius 3 is 2.00 bits per heavy atom. The van der Waals surface area contributed by atoms with Crippen LogP contribution in [0.3, 0.4) is 0 Å². The molecule has 0 fully saturated rings. The molecule has 0 aromatic heterocycles. The van der Waals surface area contributed by atoms with Gasteiger partial charge >= 0.3 is 5.97 Å². The Hall–Kier alpha value is -0.580. The van der Waals surface area contributed by atoms with Crippen molar-refractivity contribution in [3.05, 3.63) is 0 Å². The average Bonchev–Trinajstić information content (AvgIpc) is 2.43. The number of alkyl halides is 1. The molecule has 0 atom stereocenters. The number of rotatable bonds is 12. The Labute approximate surface area is 124 Å². The molecule has 0 aliphatic heterocycles. The summed E-state index contributed by atoms with van der Waals surface area (Å²) in [5.74, 6) is -0.0452. The first-order valence-electron chi connectivity index (χ1n) is 7.10. The third-order valence-electron chi connectivity index (χ3n) is 2.98. The van der Waals surface area contributed by atoms with Gasteiger partial charge in [-0.1, -0.05) is 54.5 Å². The lowest BCUT2D eigenvalue weighted by Crippen LogP contribution is -2.25. The van der Waals surface area contributed by atoms with E-state index >= 15 is 0 Å². The van der Waals surface area contributed by atoms with Crippen LogP contribution in [-0.2, 0) is 14.3 Å². The van der Waals surface area contributed by atoms with Crippen molar-refractivity contribution in [3.63, 3.8) is 0 Å². The number of esters is 1. The van der Waals surface area contributed by atoms with Crippen LogP contribution >= 0.6 is 15.9 Å². The Bertz CT molecular complexity index is 223. The Balaban J connectivity index is 3.07. The second kappa shape index (κ2) is 13.8. The highest BCUT2D eigenvalue weighted by molar-refractivity contribution is 9.09. The number of carbonyl (C=O) groups excluding carboxylic acids is 2. The van der Waals surface area contributed by atoms with E-state index in [0.29, 0.717) is 11.8 Å². The number of hydrogen-bond acceptors (Lipinski definition) is 3. The Kier molecular flexibility index (Phi) is 13.4. The predicted octanol–water partition coefficient (Wildman–Crippen LogP) is 3.18. The van der Waals surface area contributed by atoms with E-state index in [-0.39, 0.29) is 11.9 Å². The molecule has 0 aromatic rings. The van der Waals surface area contributed by atoms with Gasteiger partial charge in [0.05, 0.1) is 12.4 Å². The minimum absolute atomic E-state index is 0.0607. The maximum Gasteiger partial charge on any atom is 0.305 e. The van der Waals surface area contributed by atoms with Gasteiger partial charge in [0.1, 0.15) is 0 Å². The van der Waals surface area contributed by atoms with E-state index in [2.05, 4.69) is 26.0 Å². The summed E-state index contributed by atoms with van der Waals surface area (Å²) >= 11 is 3.11. The molecule has 0 aliphatic rings. The van der Waals surface area contributed by atoms with Crippen LogP contribution in [-0.4, -0.2) is 30.9 Å². The molecule has 0 unspecified atom stereocenters. The summed E-state index contributed by atoms with van der Waals surface area (Å²) in [4.78, 5) is 21.8. The minimum atomic E-state index is -0.106. The van der Waals surface area contributed by atoms with Crippen LogP contribution in [0.2, 0.25) is 0 Å². The maximum absolute atomic E-state index is 10.9. The first-order valence-corrected chi connectivity index (χ1v) is 8.22. The highest BCUT2D eigenvalue weighted by Crippen LogP contribution is 2.09. The van der Waals surface area contributed by atoms with Gasteiger partial charge in [-0.15, -0.1) is 0 Å². The third kappa shape index (κ3) is 13.6. The molecule has 4 nitrogen and oxygen atoms in total. The van der Waals surface area contributed by atoms with Gasteiger partial charge < -0.3 is 10.1 Å². The van der Waals surface area contributed by atoms with Crippen LogP contribution < -0.4 is 5.32 Å². The highest BCUT2D eigenvalue weighted by Gasteiger charge is 1.99.